The summed E-state index contributed by atoms with van der Waals surface area (Å²) in [5, 5.41) is 0. The normalized spacial score (nSPS) is 10.9. The van der Waals surface area contributed by atoms with E-state index in [1.54, 1.807) is 0 Å². The molecule has 0 spiro atoms. The molecule has 1 rings (SSSR count). The first-order chi connectivity index (χ1) is 6.04. The third-order valence-corrected chi connectivity index (χ3v) is 2.17. The van der Waals surface area contributed by atoms with E-state index < -0.39 is 0 Å². The summed E-state index contributed by atoms with van der Waals surface area (Å²) in [6.07, 6.45) is 1.98. The summed E-state index contributed by atoms with van der Waals surface area (Å²) in [4.78, 5) is 0. The molecular formula is C13H18Y-2. The van der Waals surface area contributed by atoms with Crippen LogP contribution in [-0.2, 0) is 44.5 Å². The maximum Gasteiger partial charge on any atom is 0 e. The minimum atomic E-state index is 0. The first-order valence-corrected chi connectivity index (χ1v) is 4.84. The van der Waals surface area contributed by atoms with Gasteiger partial charge in [-0.25, -0.2) is 0 Å². The van der Waals surface area contributed by atoms with Gasteiger partial charge in [-0.05, 0) is 5.41 Å². The molecule has 0 bridgehead atoms. The van der Waals surface area contributed by atoms with E-state index in [1.165, 1.54) is 11.1 Å². The third kappa shape index (κ3) is 4.23. The second kappa shape index (κ2) is 6.03. The molecule has 0 nitrogen and oxygen atoms in total. The van der Waals surface area contributed by atoms with Crippen molar-refractivity contribution in [2.45, 2.75) is 39.0 Å². The zero-order valence-corrected chi connectivity index (χ0v) is 12.3. The van der Waals surface area contributed by atoms with Gasteiger partial charge in [0.25, 0.3) is 0 Å². The molecule has 14 heavy (non-hydrogen) atoms. The monoisotopic (exact) mass is 263 g/mol. The van der Waals surface area contributed by atoms with Crippen LogP contribution in [0.15, 0.2) is 18.2 Å². The molecule has 0 saturated carbocycles. The molecule has 0 fully saturated rings. The summed E-state index contributed by atoms with van der Waals surface area (Å²) in [6, 6.07) is 9.65. The van der Waals surface area contributed by atoms with Gasteiger partial charge in [-0.1, -0.05) is 27.2 Å². The van der Waals surface area contributed by atoms with E-state index in [0.29, 0.717) is 0 Å². The van der Waals surface area contributed by atoms with Gasteiger partial charge in [0.05, 0.1) is 0 Å². The maximum absolute atomic E-state index is 3.85. The Kier molecular flexibility index (Phi) is 6.17. The van der Waals surface area contributed by atoms with Crippen LogP contribution in [0.2, 0.25) is 0 Å². The average molecular weight is 263 g/mol. The summed E-state index contributed by atoms with van der Waals surface area (Å²) in [6.45, 7) is 10.6. The fourth-order valence-corrected chi connectivity index (χ4v) is 1.32. The Morgan fingerprint density at radius 2 is 2.00 bits per heavy atom. The molecule has 0 N–H and O–H groups in total. The third-order valence-electron chi connectivity index (χ3n) is 2.17. The number of aryl methyl sites for hydroxylation is 1. The van der Waals surface area contributed by atoms with Crippen LogP contribution in [-0.4, -0.2) is 0 Å². The van der Waals surface area contributed by atoms with Crippen LogP contribution >= 0.6 is 0 Å². The van der Waals surface area contributed by atoms with Crippen LogP contribution in [0.3, 0.4) is 0 Å². The van der Waals surface area contributed by atoms with E-state index in [1.807, 2.05) is 6.07 Å². The molecule has 0 aliphatic carbocycles. The predicted octanol–water partition coefficient (Wildman–Crippen LogP) is 3.55. The molecule has 1 aromatic carbocycles. The number of hydrogen-bond acceptors (Lipinski definition) is 0. The van der Waals surface area contributed by atoms with Crippen molar-refractivity contribution < 1.29 is 32.7 Å². The van der Waals surface area contributed by atoms with Gasteiger partial charge in [0.1, 0.15) is 0 Å². The molecule has 75 valence electrons. The smallest absolute Gasteiger partial charge is 0 e. The summed E-state index contributed by atoms with van der Waals surface area (Å²) in [5.74, 6) is 0. The van der Waals surface area contributed by atoms with E-state index in [2.05, 4.69) is 45.9 Å². The van der Waals surface area contributed by atoms with Crippen LogP contribution in [0, 0.1) is 13.0 Å². The molecule has 0 aliphatic rings. The molecule has 0 saturated heterocycles. The molecule has 1 heteroatoms. The van der Waals surface area contributed by atoms with Gasteiger partial charge < -0.3 is 6.92 Å². The fraction of sp³-hybridized carbons (Fsp3) is 0.462. The van der Waals surface area contributed by atoms with Gasteiger partial charge >= 0.3 is 0 Å². The van der Waals surface area contributed by atoms with Gasteiger partial charge in [-0.3, -0.25) is 0 Å². The largest absolute Gasteiger partial charge is 0.343 e. The van der Waals surface area contributed by atoms with Crippen molar-refractivity contribution >= 4 is 0 Å². The van der Waals surface area contributed by atoms with Crippen molar-refractivity contribution in [2.75, 3.05) is 0 Å². The Morgan fingerprint density at radius 1 is 1.36 bits per heavy atom. The van der Waals surface area contributed by atoms with Gasteiger partial charge in [-0.2, -0.15) is 41.8 Å². The quantitative estimate of drug-likeness (QED) is 0.716. The van der Waals surface area contributed by atoms with Crippen LogP contribution in [0.1, 0.15) is 38.3 Å². The SMILES string of the molecule is [CH2-]CCc1[c-]ccc(C(C)(C)C)c1.[Y]. The van der Waals surface area contributed by atoms with Crippen LogP contribution in [0.25, 0.3) is 0 Å². The second-order valence-electron chi connectivity index (χ2n) is 4.46. The van der Waals surface area contributed by atoms with Crippen molar-refractivity contribution in [3.05, 3.63) is 42.3 Å². The summed E-state index contributed by atoms with van der Waals surface area (Å²) in [5.41, 5.74) is 2.91. The van der Waals surface area contributed by atoms with Gasteiger partial charge in [0.15, 0.2) is 0 Å². The Labute approximate surface area is 113 Å². The van der Waals surface area contributed by atoms with Gasteiger partial charge in [0, 0.05) is 32.7 Å². The minimum Gasteiger partial charge on any atom is -0.343 e. The Bertz CT molecular complexity index is 271. The topological polar surface area (TPSA) is 0 Å². The summed E-state index contributed by atoms with van der Waals surface area (Å²) < 4.78 is 0. The first-order valence-electron chi connectivity index (χ1n) is 4.84. The zero-order chi connectivity index (χ0) is 9.90. The number of rotatable bonds is 2. The molecule has 0 aliphatic heterocycles. The van der Waals surface area contributed by atoms with Crippen molar-refractivity contribution in [3.63, 3.8) is 0 Å². The predicted molar refractivity (Wildman–Crippen MR) is 57.7 cm³/mol. The van der Waals surface area contributed by atoms with E-state index >= 15 is 0 Å². The van der Waals surface area contributed by atoms with E-state index in [4.69, 9.17) is 0 Å². The van der Waals surface area contributed by atoms with Crippen molar-refractivity contribution in [2.24, 2.45) is 0 Å². The molecule has 0 amide bonds. The molecular weight excluding hydrogens is 245 g/mol. The number of hydrogen-bond donors (Lipinski definition) is 0. The van der Waals surface area contributed by atoms with Crippen LogP contribution in [0.4, 0.5) is 0 Å². The standard InChI is InChI=1S/C13H18.Y/c1-5-7-11-8-6-9-12(10-11)13(2,3)4;/h6,9-10H,1,5,7H2,2-4H3;/q-2;. The first kappa shape index (κ1) is 14.3. The maximum atomic E-state index is 3.85. The average Bonchev–Trinajstić information content (AvgIpc) is 2.04. The van der Waals surface area contributed by atoms with Crippen LogP contribution in [0.5, 0.6) is 0 Å². The van der Waals surface area contributed by atoms with Crippen LogP contribution < -0.4 is 0 Å². The second-order valence-corrected chi connectivity index (χ2v) is 4.46. The molecule has 1 aromatic rings. The van der Waals surface area contributed by atoms with Crippen molar-refractivity contribution in [1.29, 1.82) is 0 Å². The molecule has 0 unspecified atom stereocenters. The molecule has 0 atom stereocenters. The Hall–Kier alpha value is 0.324. The molecule has 0 aromatic heterocycles. The Morgan fingerprint density at radius 3 is 2.50 bits per heavy atom. The zero-order valence-electron chi connectivity index (χ0n) is 9.43. The molecule has 1 radical (unpaired) electrons. The minimum absolute atomic E-state index is 0. The molecule has 0 heterocycles. The van der Waals surface area contributed by atoms with Crippen molar-refractivity contribution in [3.8, 4) is 0 Å². The van der Waals surface area contributed by atoms with Gasteiger partial charge in [-0.15, -0.1) is 0 Å². The Balaban J connectivity index is 0.00000169. The van der Waals surface area contributed by atoms with E-state index in [0.717, 1.165) is 12.8 Å². The summed E-state index contributed by atoms with van der Waals surface area (Å²) >= 11 is 0. The van der Waals surface area contributed by atoms with Gasteiger partial charge in [0.2, 0.25) is 0 Å². The van der Waals surface area contributed by atoms with E-state index in [9.17, 15) is 0 Å². The van der Waals surface area contributed by atoms with E-state index in [-0.39, 0.29) is 38.1 Å². The fourth-order valence-electron chi connectivity index (χ4n) is 1.32. The summed E-state index contributed by atoms with van der Waals surface area (Å²) in [7, 11) is 0. The number of benzene rings is 1. The van der Waals surface area contributed by atoms with Crippen molar-refractivity contribution in [1.82, 2.24) is 0 Å².